The zero-order chi connectivity index (χ0) is 12.5. The highest BCUT2D eigenvalue weighted by Crippen LogP contribution is 2.09. The molecule has 0 saturated heterocycles. The van der Waals surface area contributed by atoms with Crippen LogP contribution in [0.1, 0.15) is 13.3 Å². The van der Waals surface area contributed by atoms with E-state index in [0.29, 0.717) is 31.3 Å². The van der Waals surface area contributed by atoms with E-state index in [1.165, 1.54) is 11.3 Å². The molecule has 6 nitrogen and oxygen atoms in total. The second kappa shape index (κ2) is 7.75. The summed E-state index contributed by atoms with van der Waals surface area (Å²) in [7, 11) is 0. The molecule has 1 heterocycles. The first kappa shape index (κ1) is 13.6. The number of hydrogen-bond acceptors (Lipinski definition) is 5. The molecule has 7 heteroatoms. The number of hydrogen-bond donors (Lipinski definition) is 2. The van der Waals surface area contributed by atoms with Crippen LogP contribution in [-0.2, 0) is 14.3 Å². The molecule has 0 atom stereocenters. The van der Waals surface area contributed by atoms with Crippen molar-refractivity contribution in [3.63, 3.8) is 0 Å². The lowest BCUT2D eigenvalue weighted by atomic mass is 10.4. The average molecular weight is 257 g/mol. The van der Waals surface area contributed by atoms with Crippen LogP contribution in [0, 0.1) is 0 Å². The molecule has 0 spiro atoms. The second-order valence-electron chi connectivity index (χ2n) is 3.10. The molecule has 0 fully saturated rings. The molecular formula is C10H15N3O3S. The van der Waals surface area contributed by atoms with Crippen LogP contribution in [0.4, 0.5) is 5.13 Å². The molecule has 1 aromatic heterocycles. The van der Waals surface area contributed by atoms with E-state index in [0.717, 1.165) is 0 Å². The van der Waals surface area contributed by atoms with E-state index in [1.54, 1.807) is 11.6 Å². The molecule has 0 saturated carbocycles. The molecule has 0 aliphatic carbocycles. The third kappa shape index (κ3) is 5.41. The highest BCUT2D eigenvalue weighted by molar-refractivity contribution is 7.13. The van der Waals surface area contributed by atoms with Crippen LogP contribution in [0.3, 0.4) is 0 Å². The van der Waals surface area contributed by atoms with Crippen molar-refractivity contribution in [3.05, 3.63) is 11.6 Å². The van der Waals surface area contributed by atoms with Gasteiger partial charge in [0.25, 0.3) is 0 Å². The van der Waals surface area contributed by atoms with Crippen molar-refractivity contribution >= 4 is 28.3 Å². The van der Waals surface area contributed by atoms with Gasteiger partial charge in [0.2, 0.25) is 0 Å². The lowest BCUT2D eigenvalue weighted by molar-refractivity contribution is -0.136. The number of nitrogens with zero attached hydrogens (tertiary/aromatic N) is 1. The highest BCUT2D eigenvalue weighted by atomic mass is 32.1. The maximum atomic E-state index is 11.3. The number of rotatable bonds is 6. The Hall–Kier alpha value is -1.47. The first-order valence-electron chi connectivity index (χ1n) is 5.30. The van der Waals surface area contributed by atoms with Crippen molar-refractivity contribution in [2.45, 2.75) is 13.3 Å². The van der Waals surface area contributed by atoms with Crippen LogP contribution in [-0.4, -0.2) is 36.6 Å². The lowest BCUT2D eigenvalue weighted by Crippen LogP contribution is -2.36. The van der Waals surface area contributed by atoms with Gasteiger partial charge in [-0.25, -0.2) is 4.98 Å². The third-order valence-corrected chi connectivity index (χ3v) is 2.50. The number of ether oxygens (including phenoxy) is 1. The van der Waals surface area contributed by atoms with Crippen molar-refractivity contribution in [3.8, 4) is 0 Å². The van der Waals surface area contributed by atoms with Crippen LogP contribution >= 0.6 is 11.3 Å². The summed E-state index contributed by atoms with van der Waals surface area (Å²) in [4.78, 5) is 26.5. The lowest BCUT2D eigenvalue weighted by Gasteiger charge is -2.04. The van der Waals surface area contributed by atoms with Crippen molar-refractivity contribution in [2.75, 3.05) is 25.1 Å². The summed E-state index contributed by atoms with van der Waals surface area (Å²) in [6.45, 7) is 3.55. The molecule has 0 bridgehead atoms. The van der Waals surface area contributed by atoms with Crippen molar-refractivity contribution in [1.29, 1.82) is 0 Å². The largest absolute Gasteiger partial charge is 0.382 e. The molecule has 2 N–H and O–H groups in total. The molecule has 1 rings (SSSR count). The Kier molecular flexibility index (Phi) is 6.19. The fourth-order valence-electron chi connectivity index (χ4n) is 1.04. The minimum absolute atomic E-state index is 0.416. The minimum Gasteiger partial charge on any atom is -0.382 e. The Morgan fingerprint density at radius 2 is 2.29 bits per heavy atom. The quantitative estimate of drug-likeness (QED) is 0.578. The van der Waals surface area contributed by atoms with E-state index in [-0.39, 0.29) is 0 Å². The van der Waals surface area contributed by atoms with Gasteiger partial charge in [0, 0.05) is 31.3 Å². The number of thiazole rings is 1. The number of carbonyl (C=O) groups is 2. The highest BCUT2D eigenvalue weighted by Gasteiger charge is 2.13. The minimum atomic E-state index is -0.698. The van der Waals surface area contributed by atoms with E-state index in [1.807, 2.05) is 6.92 Å². The van der Waals surface area contributed by atoms with Gasteiger partial charge in [-0.3, -0.25) is 14.9 Å². The Balaban J connectivity index is 2.16. The topological polar surface area (TPSA) is 80.3 Å². The van der Waals surface area contributed by atoms with Crippen molar-refractivity contribution in [2.24, 2.45) is 0 Å². The van der Waals surface area contributed by atoms with Gasteiger partial charge in [0.15, 0.2) is 5.13 Å². The predicted molar refractivity (Wildman–Crippen MR) is 64.9 cm³/mol. The summed E-state index contributed by atoms with van der Waals surface area (Å²) < 4.78 is 5.10. The summed E-state index contributed by atoms with van der Waals surface area (Å²) in [5, 5.41) is 7.03. The van der Waals surface area contributed by atoms with Crippen LogP contribution in [0.2, 0.25) is 0 Å². The number of nitrogens with one attached hydrogen (secondary N) is 2. The first-order valence-corrected chi connectivity index (χ1v) is 6.18. The first-order chi connectivity index (χ1) is 8.24. The number of amides is 2. The van der Waals surface area contributed by atoms with Gasteiger partial charge in [-0.2, -0.15) is 0 Å². The number of anilines is 1. The molecule has 94 valence electrons. The van der Waals surface area contributed by atoms with Gasteiger partial charge >= 0.3 is 11.8 Å². The van der Waals surface area contributed by atoms with E-state index in [2.05, 4.69) is 15.6 Å². The van der Waals surface area contributed by atoms with E-state index in [4.69, 9.17) is 4.74 Å². The standard InChI is InChI=1S/C10H15N3O3S/c1-2-16-6-3-4-11-8(14)9(15)13-10-12-5-7-17-10/h5,7H,2-4,6H2,1H3,(H,11,14)(H,12,13,15). The van der Waals surface area contributed by atoms with Crippen LogP contribution in [0.15, 0.2) is 11.6 Å². The van der Waals surface area contributed by atoms with Gasteiger partial charge in [0.05, 0.1) is 0 Å². The zero-order valence-corrected chi connectivity index (χ0v) is 10.4. The van der Waals surface area contributed by atoms with E-state index >= 15 is 0 Å². The Morgan fingerprint density at radius 3 is 2.94 bits per heavy atom. The molecule has 0 aliphatic heterocycles. The normalized spacial score (nSPS) is 9.94. The average Bonchev–Trinajstić information content (AvgIpc) is 2.81. The molecule has 1 aromatic rings. The Labute approximate surface area is 103 Å². The molecule has 0 aliphatic rings. The molecule has 17 heavy (non-hydrogen) atoms. The summed E-state index contributed by atoms with van der Waals surface area (Å²) >= 11 is 1.26. The zero-order valence-electron chi connectivity index (χ0n) is 9.56. The second-order valence-corrected chi connectivity index (χ2v) is 3.99. The Morgan fingerprint density at radius 1 is 1.47 bits per heavy atom. The van der Waals surface area contributed by atoms with Gasteiger partial charge in [-0.1, -0.05) is 0 Å². The fraction of sp³-hybridized carbons (Fsp3) is 0.500. The summed E-state index contributed by atoms with van der Waals surface area (Å²) in [5.41, 5.74) is 0. The van der Waals surface area contributed by atoms with Gasteiger partial charge < -0.3 is 10.1 Å². The van der Waals surface area contributed by atoms with Crippen LogP contribution in [0.25, 0.3) is 0 Å². The third-order valence-electron chi connectivity index (χ3n) is 1.81. The summed E-state index contributed by atoms with van der Waals surface area (Å²) in [6.07, 6.45) is 2.24. The summed E-state index contributed by atoms with van der Waals surface area (Å²) in [6, 6.07) is 0. The van der Waals surface area contributed by atoms with Gasteiger partial charge in [0.1, 0.15) is 0 Å². The van der Waals surface area contributed by atoms with Crippen molar-refractivity contribution in [1.82, 2.24) is 10.3 Å². The van der Waals surface area contributed by atoms with Crippen molar-refractivity contribution < 1.29 is 14.3 Å². The molecule has 0 aromatic carbocycles. The predicted octanol–water partition coefficient (Wildman–Crippen LogP) is 0.624. The Bertz CT molecular complexity index is 354. The van der Waals surface area contributed by atoms with Gasteiger partial charge in [-0.05, 0) is 13.3 Å². The van der Waals surface area contributed by atoms with Crippen LogP contribution in [0.5, 0.6) is 0 Å². The molecule has 0 radical (unpaired) electrons. The van der Waals surface area contributed by atoms with Gasteiger partial charge in [-0.15, -0.1) is 11.3 Å². The van der Waals surface area contributed by atoms with E-state index in [9.17, 15) is 9.59 Å². The van der Waals surface area contributed by atoms with E-state index < -0.39 is 11.8 Å². The SMILES string of the molecule is CCOCCCNC(=O)C(=O)Nc1nccs1. The fourth-order valence-corrected chi connectivity index (χ4v) is 1.56. The number of aromatic nitrogens is 1. The maximum absolute atomic E-state index is 11.3. The maximum Gasteiger partial charge on any atom is 0.315 e. The molecule has 0 unspecified atom stereocenters. The van der Waals surface area contributed by atoms with Crippen LogP contribution < -0.4 is 10.6 Å². The number of carbonyl (C=O) groups excluding carboxylic acids is 2. The smallest absolute Gasteiger partial charge is 0.315 e. The monoisotopic (exact) mass is 257 g/mol. The molecular weight excluding hydrogens is 242 g/mol. The summed E-state index contributed by atoms with van der Waals surface area (Å²) in [5.74, 6) is -1.35. The molecule has 2 amide bonds.